The summed E-state index contributed by atoms with van der Waals surface area (Å²) in [4.78, 5) is 0. The molecule has 0 aromatic heterocycles. The van der Waals surface area contributed by atoms with Crippen molar-refractivity contribution in [3.63, 3.8) is 0 Å². The van der Waals surface area contributed by atoms with Crippen LogP contribution in [0.2, 0.25) is 0 Å². The van der Waals surface area contributed by atoms with E-state index in [1.54, 1.807) is 0 Å². The van der Waals surface area contributed by atoms with Crippen LogP contribution in [-0.2, 0) is 10.8 Å². The highest BCUT2D eigenvalue weighted by Gasteiger charge is 2.42. The summed E-state index contributed by atoms with van der Waals surface area (Å²) in [6, 6.07) is 27.8. The molecule has 2 aliphatic carbocycles. The molecule has 5 aromatic carbocycles. The van der Waals surface area contributed by atoms with Crippen LogP contribution in [0.4, 0.5) is 20.2 Å². The van der Waals surface area contributed by atoms with Gasteiger partial charge < -0.3 is 5.32 Å². The van der Waals surface area contributed by atoms with Gasteiger partial charge in [0, 0.05) is 22.6 Å². The Morgan fingerprint density at radius 1 is 0.595 bits per heavy atom. The highest BCUT2D eigenvalue weighted by molar-refractivity contribution is 6.03. The maximum absolute atomic E-state index is 14.3. The van der Waals surface area contributed by atoms with Crippen LogP contribution in [0.25, 0.3) is 33.0 Å². The van der Waals surface area contributed by atoms with E-state index >= 15 is 0 Å². The van der Waals surface area contributed by atoms with Crippen molar-refractivity contribution in [3.05, 3.63) is 119 Å². The lowest BCUT2D eigenvalue weighted by Crippen LogP contribution is -2.17. The van der Waals surface area contributed by atoms with Gasteiger partial charge in [-0.05, 0) is 91.7 Å². The molecule has 1 N–H and O–H groups in total. The first-order valence-corrected chi connectivity index (χ1v) is 12.7. The second-order valence-corrected chi connectivity index (χ2v) is 11.4. The molecule has 0 saturated carbocycles. The lowest BCUT2D eigenvalue weighted by atomic mass is 9.79. The predicted molar refractivity (Wildman–Crippen MR) is 149 cm³/mol. The van der Waals surface area contributed by atoms with Crippen molar-refractivity contribution in [1.29, 1.82) is 0 Å². The van der Waals surface area contributed by atoms with Crippen molar-refractivity contribution in [2.24, 2.45) is 0 Å². The fourth-order valence-electron chi connectivity index (χ4n) is 6.56. The van der Waals surface area contributed by atoms with Gasteiger partial charge in [-0.1, -0.05) is 70.2 Å². The van der Waals surface area contributed by atoms with Crippen molar-refractivity contribution < 1.29 is 8.78 Å². The third-order valence-electron chi connectivity index (χ3n) is 8.57. The van der Waals surface area contributed by atoms with E-state index in [0.717, 1.165) is 11.8 Å². The van der Waals surface area contributed by atoms with Crippen molar-refractivity contribution >= 4 is 22.1 Å². The molecule has 0 heterocycles. The number of halogens is 2. The van der Waals surface area contributed by atoms with Gasteiger partial charge in [0.25, 0.3) is 0 Å². The second-order valence-electron chi connectivity index (χ2n) is 11.4. The molecule has 5 aromatic rings. The molecule has 37 heavy (non-hydrogen) atoms. The van der Waals surface area contributed by atoms with Crippen LogP contribution in [0.5, 0.6) is 0 Å². The Hall–Kier alpha value is -3.98. The van der Waals surface area contributed by atoms with Crippen LogP contribution in [0, 0.1) is 11.6 Å². The van der Waals surface area contributed by atoms with Crippen LogP contribution in [0.3, 0.4) is 0 Å². The second kappa shape index (κ2) is 7.29. The third-order valence-corrected chi connectivity index (χ3v) is 8.57. The summed E-state index contributed by atoms with van der Waals surface area (Å²) in [6.45, 7) is 9.17. The minimum atomic E-state index is -0.604. The number of anilines is 2. The summed E-state index contributed by atoms with van der Waals surface area (Å²) >= 11 is 0. The third kappa shape index (κ3) is 3.00. The lowest BCUT2D eigenvalue weighted by Gasteiger charge is -2.24. The number of hydrogen-bond acceptors (Lipinski definition) is 1. The van der Waals surface area contributed by atoms with Gasteiger partial charge in [0.05, 0.1) is 5.69 Å². The zero-order valence-corrected chi connectivity index (χ0v) is 21.3. The molecule has 0 amide bonds. The largest absolute Gasteiger partial charge is 0.353 e. The Kier molecular flexibility index (Phi) is 4.38. The van der Waals surface area contributed by atoms with Crippen molar-refractivity contribution in [3.8, 4) is 22.3 Å². The van der Waals surface area contributed by atoms with E-state index in [1.165, 1.54) is 67.4 Å². The first-order valence-electron chi connectivity index (χ1n) is 12.7. The van der Waals surface area contributed by atoms with Crippen LogP contribution in [-0.4, -0.2) is 0 Å². The Morgan fingerprint density at radius 3 is 2.11 bits per heavy atom. The standard InChI is InChI=1S/C34H27F2N/c1-33(2)26-13-9-19-7-5-6-8-22(19)32(26)25-18-28-24(17-29(25)33)23-12-11-21(16-27(23)34(28,3)4)37-31-14-10-20(35)15-30(31)36/h5-18,37H,1-4H3. The fourth-order valence-corrected chi connectivity index (χ4v) is 6.56. The van der Waals surface area contributed by atoms with E-state index in [9.17, 15) is 8.78 Å². The quantitative estimate of drug-likeness (QED) is 0.261. The highest BCUT2D eigenvalue weighted by Crippen LogP contribution is 2.57. The van der Waals surface area contributed by atoms with Crippen LogP contribution < -0.4 is 5.32 Å². The van der Waals surface area contributed by atoms with E-state index in [0.29, 0.717) is 0 Å². The molecular formula is C34H27F2N. The van der Waals surface area contributed by atoms with Gasteiger partial charge >= 0.3 is 0 Å². The van der Waals surface area contributed by atoms with Gasteiger partial charge in [0.2, 0.25) is 0 Å². The molecule has 0 aliphatic heterocycles. The van der Waals surface area contributed by atoms with Gasteiger partial charge in [0.1, 0.15) is 11.6 Å². The van der Waals surface area contributed by atoms with E-state index in [2.05, 4.69) is 93.7 Å². The zero-order chi connectivity index (χ0) is 25.7. The maximum Gasteiger partial charge on any atom is 0.149 e. The molecule has 182 valence electrons. The van der Waals surface area contributed by atoms with E-state index in [4.69, 9.17) is 0 Å². The molecule has 0 radical (unpaired) electrons. The molecule has 0 spiro atoms. The number of fused-ring (bicyclic) bond motifs is 8. The molecule has 1 nitrogen and oxygen atoms in total. The average Bonchev–Trinajstić information content (AvgIpc) is 3.24. The minimum absolute atomic E-state index is 0.0990. The Morgan fingerprint density at radius 2 is 1.30 bits per heavy atom. The molecule has 0 bridgehead atoms. The molecule has 3 heteroatoms. The van der Waals surface area contributed by atoms with E-state index < -0.39 is 11.6 Å². The minimum Gasteiger partial charge on any atom is -0.353 e. The molecule has 0 fully saturated rings. The summed E-state index contributed by atoms with van der Waals surface area (Å²) < 4.78 is 27.7. The fraction of sp³-hybridized carbons (Fsp3) is 0.176. The van der Waals surface area contributed by atoms with Crippen LogP contribution in [0.1, 0.15) is 49.9 Å². The maximum atomic E-state index is 14.3. The Balaban J connectivity index is 1.39. The van der Waals surface area contributed by atoms with Crippen LogP contribution >= 0.6 is 0 Å². The van der Waals surface area contributed by atoms with Crippen molar-refractivity contribution in [1.82, 2.24) is 0 Å². The zero-order valence-electron chi connectivity index (χ0n) is 21.3. The number of nitrogens with one attached hydrogen (secondary N) is 1. The highest BCUT2D eigenvalue weighted by atomic mass is 19.1. The molecular weight excluding hydrogens is 460 g/mol. The molecule has 0 unspecified atom stereocenters. The predicted octanol–water partition coefficient (Wildman–Crippen LogP) is 9.47. The summed E-state index contributed by atoms with van der Waals surface area (Å²) in [6.07, 6.45) is 0. The van der Waals surface area contributed by atoms with Crippen LogP contribution in [0.15, 0.2) is 84.9 Å². The first kappa shape index (κ1) is 22.2. The lowest BCUT2D eigenvalue weighted by molar-refractivity contribution is 0.586. The van der Waals surface area contributed by atoms with Gasteiger partial charge in [-0.25, -0.2) is 8.78 Å². The monoisotopic (exact) mass is 487 g/mol. The normalized spacial score (nSPS) is 15.7. The average molecular weight is 488 g/mol. The smallest absolute Gasteiger partial charge is 0.149 e. The molecule has 0 saturated heterocycles. The molecule has 7 rings (SSSR count). The molecule has 0 atom stereocenters. The van der Waals surface area contributed by atoms with Crippen molar-refractivity contribution in [2.45, 2.75) is 38.5 Å². The molecule has 2 aliphatic rings. The first-order chi connectivity index (χ1) is 17.7. The van der Waals surface area contributed by atoms with Gasteiger partial charge in [-0.3, -0.25) is 0 Å². The topological polar surface area (TPSA) is 12.0 Å². The summed E-state index contributed by atoms with van der Waals surface area (Å²) in [7, 11) is 0. The SMILES string of the molecule is CC1(C)c2cc(Nc3ccc(F)cc3F)ccc2-c2cc3c(cc21)-c1c(ccc2ccccc12)C3(C)C. The van der Waals surface area contributed by atoms with Gasteiger partial charge in [-0.2, -0.15) is 0 Å². The van der Waals surface area contributed by atoms with Crippen molar-refractivity contribution in [2.75, 3.05) is 5.32 Å². The Labute approximate surface area is 215 Å². The summed E-state index contributed by atoms with van der Waals surface area (Å²) in [5, 5.41) is 5.70. The van der Waals surface area contributed by atoms with E-state index in [-0.39, 0.29) is 16.5 Å². The summed E-state index contributed by atoms with van der Waals surface area (Å²) in [5.41, 5.74) is 11.1. The van der Waals surface area contributed by atoms with Gasteiger partial charge in [-0.15, -0.1) is 0 Å². The number of benzene rings is 5. The Bertz CT molecular complexity index is 1780. The summed E-state index contributed by atoms with van der Waals surface area (Å²) in [5.74, 6) is -1.19. The number of hydrogen-bond donors (Lipinski definition) is 1. The van der Waals surface area contributed by atoms with E-state index in [1.807, 2.05) is 6.07 Å². The number of rotatable bonds is 2. The van der Waals surface area contributed by atoms with Gasteiger partial charge in [0.15, 0.2) is 0 Å².